The third-order valence-corrected chi connectivity index (χ3v) is 5.33. The summed E-state index contributed by atoms with van der Waals surface area (Å²) >= 11 is 0. The fourth-order valence-electron chi connectivity index (χ4n) is 3.69. The van der Waals surface area contributed by atoms with E-state index in [1.54, 1.807) is 10.9 Å². The number of likely N-dealkylation sites (tertiary alicyclic amines) is 1. The van der Waals surface area contributed by atoms with Gasteiger partial charge in [0.25, 0.3) is 0 Å². The van der Waals surface area contributed by atoms with Crippen LogP contribution in [0.4, 0.5) is 4.79 Å². The zero-order valence-corrected chi connectivity index (χ0v) is 17.8. The molecule has 0 saturated carbocycles. The third kappa shape index (κ3) is 5.29. The molecule has 31 heavy (non-hydrogen) atoms. The predicted octanol–water partition coefficient (Wildman–Crippen LogP) is 3.11. The molecule has 2 aromatic heterocycles. The number of aromatic nitrogens is 4. The number of primary amides is 1. The first-order valence-electron chi connectivity index (χ1n) is 10.8. The lowest BCUT2D eigenvalue weighted by Crippen LogP contribution is -2.18. The molecule has 2 N–H and O–H groups in total. The quantitative estimate of drug-likeness (QED) is 0.526. The van der Waals surface area contributed by atoms with Crippen LogP contribution in [0.5, 0.6) is 11.9 Å². The molecule has 3 heterocycles. The van der Waals surface area contributed by atoms with E-state index >= 15 is 0 Å². The topological polar surface area (TPSA) is 108 Å². The van der Waals surface area contributed by atoms with Crippen LogP contribution in [-0.4, -0.2) is 50.4 Å². The van der Waals surface area contributed by atoms with Crippen LogP contribution in [0.1, 0.15) is 43.7 Å². The van der Waals surface area contributed by atoms with Crippen LogP contribution >= 0.6 is 0 Å². The Hall–Kier alpha value is -3.20. The molecule has 0 unspecified atom stereocenters. The highest BCUT2D eigenvalue weighted by Crippen LogP contribution is 2.25. The van der Waals surface area contributed by atoms with Crippen LogP contribution in [0.3, 0.4) is 0 Å². The van der Waals surface area contributed by atoms with Gasteiger partial charge in [-0.3, -0.25) is 4.90 Å². The Morgan fingerprint density at radius 2 is 1.81 bits per heavy atom. The number of hydrogen-bond donors (Lipinski definition) is 1. The van der Waals surface area contributed by atoms with E-state index in [1.165, 1.54) is 31.5 Å². The van der Waals surface area contributed by atoms with Gasteiger partial charge in [0, 0.05) is 6.54 Å². The zero-order valence-electron chi connectivity index (χ0n) is 17.8. The van der Waals surface area contributed by atoms with Gasteiger partial charge < -0.3 is 15.2 Å². The number of carbonyl (C=O) groups excluding carboxylic acids is 1. The van der Waals surface area contributed by atoms with Crippen LogP contribution in [0.2, 0.25) is 0 Å². The van der Waals surface area contributed by atoms with Crippen molar-refractivity contribution >= 4 is 17.1 Å². The number of amides is 1. The SMILES string of the molecule is CCCCOc1nc(OC(N)=O)c2cnn(Cc3ccc(CN4CCCC4)cc3)c2n1. The molecule has 0 atom stereocenters. The van der Waals surface area contributed by atoms with Crippen LogP contribution in [0.15, 0.2) is 30.5 Å². The number of ether oxygens (including phenoxy) is 2. The van der Waals surface area contributed by atoms with Crippen molar-refractivity contribution in [3.05, 3.63) is 41.6 Å². The molecule has 1 aromatic carbocycles. The van der Waals surface area contributed by atoms with E-state index in [2.05, 4.69) is 51.2 Å². The van der Waals surface area contributed by atoms with E-state index < -0.39 is 6.09 Å². The Balaban J connectivity index is 1.55. The molecular weight excluding hydrogens is 396 g/mol. The Labute approximate surface area is 181 Å². The Bertz CT molecular complexity index is 1030. The van der Waals surface area contributed by atoms with Gasteiger partial charge in [-0.25, -0.2) is 9.48 Å². The summed E-state index contributed by atoms with van der Waals surface area (Å²) in [6, 6.07) is 8.68. The highest BCUT2D eigenvalue weighted by Gasteiger charge is 2.17. The maximum Gasteiger partial charge on any atom is 0.411 e. The minimum atomic E-state index is -0.944. The Morgan fingerprint density at radius 3 is 2.48 bits per heavy atom. The fourth-order valence-corrected chi connectivity index (χ4v) is 3.69. The van der Waals surface area contributed by atoms with Crippen molar-refractivity contribution in [2.24, 2.45) is 5.73 Å². The van der Waals surface area contributed by atoms with E-state index in [1.807, 2.05) is 0 Å². The van der Waals surface area contributed by atoms with Crippen molar-refractivity contribution in [3.63, 3.8) is 0 Å². The monoisotopic (exact) mass is 424 g/mol. The van der Waals surface area contributed by atoms with E-state index in [-0.39, 0.29) is 11.9 Å². The van der Waals surface area contributed by atoms with Gasteiger partial charge in [-0.15, -0.1) is 0 Å². The van der Waals surface area contributed by atoms with Gasteiger partial charge in [0.05, 0.1) is 19.3 Å². The lowest BCUT2D eigenvalue weighted by atomic mass is 10.1. The molecule has 3 aromatic rings. The highest BCUT2D eigenvalue weighted by molar-refractivity contribution is 5.83. The number of carbonyl (C=O) groups is 1. The van der Waals surface area contributed by atoms with Crippen LogP contribution in [0.25, 0.3) is 11.0 Å². The lowest BCUT2D eigenvalue weighted by Gasteiger charge is -2.14. The normalized spacial score (nSPS) is 14.2. The van der Waals surface area contributed by atoms with Crippen molar-refractivity contribution in [3.8, 4) is 11.9 Å². The van der Waals surface area contributed by atoms with Crippen molar-refractivity contribution in [2.75, 3.05) is 19.7 Å². The zero-order chi connectivity index (χ0) is 21.6. The van der Waals surface area contributed by atoms with Gasteiger partial charge in [-0.2, -0.15) is 15.1 Å². The van der Waals surface area contributed by atoms with Gasteiger partial charge in [0.1, 0.15) is 5.39 Å². The maximum atomic E-state index is 11.3. The molecule has 1 saturated heterocycles. The second-order valence-corrected chi connectivity index (χ2v) is 7.77. The second-order valence-electron chi connectivity index (χ2n) is 7.77. The number of benzene rings is 1. The molecule has 1 aliphatic rings. The number of rotatable bonds is 9. The number of hydrogen-bond acceptors (Lipinski definition) is 7. The van der Waals surface area contributed by atoms with E-state index in [4.69, 9.17) is 15.2 Å². The fraction of sp³-hybridized carbons (Fsp3) is 0.455. The minimum Gasteiger partial charge on any atom is -0.463 e. The van der Waals surface area contributed by atoms with Crippen LogP contribution in [0, 0.1) is 0 Å². The van der Waals surface area contributed by atoms with Crippen LogP contribution < -0.4 is 15.2 Å². The van der Waals surface area contributed by atoms with Gasteiger partial charge in [0.2, 0.25) is 5.88 Å². The van der Waals surface area contributed by atoms with Crippen molar-refractivity contribution < 1.29 is 14.3 Å². The average molecular weight is 425 g/mol. The van der Waals surface area contributed by atoms with Crippen LogP contribution in [-0.2, 0) is 13.1 Å². The van der Waals surface area contributed by atoms with E-state index in [9.17, 15) is 4.79 Å². The first-order valence-corrected chi connectivity index (χ1v) is 10.8. The van der Waals surface area contributed by atoms with Crippen molar-refractivity contribution in [1.82, 2.24) is 24.6 Å². The molecule has 0 radical (unpaired) electrons. The summed E-state index contributed by atoms with van der Waals surface area (Å²) in [4.78, 5) is 22.4. The molecule has 164 valence electrons. The molecule has 0 spiro atoms. The number of nitrogens with two attached hydrogens (primary N) is 1. The van der Waals surface area contributed by atoms with Gasteiger partial charge in [0.15, 0.2) is 5.65 Å². The summed E-state index contributed by atoms with van der Waals surface area (Å²) in [7, 11) is 0. The molecule has 0 bridgehead atoms. The molecule has 9 heteroatoms. The summed E-state index contributed by atoms with van der Waals surface area (Å²) in [5, 5.41) is 4.93. The first-order chi connectivity index (χ1) is 15.1. The molecule has 1 fully saturated rings. The predicted molar refractivity (Wildman–Crippen MR) is 116 cm³/mol. The molecule has 9 nitrogen and oxygen atoms in total. The maximum absolute atomic E-state index is 11.3. The first kappa shape index (κ1) is 21.0. The molecule has 0 aliphatic carbocycles. The smallest absolute Gasteiger partial charge is 0.411 e. The summed E-state index contributed by atoms with van der Waals surface area (Å²) < 4.78 is 12.4. The van der Waals surface area contributed by atoms with E-state index in [0.717, 1.165) is 24.9 Å². The molecule has 1 aliphatic heterocycles. The lowest BCUT2D eigenvalue weighted by molar-refractivity contribution is 0.208. The molecule has 1 amide bonds. The molecular formula is C22H28N6O3. The van der Waals surface area contributed by atoms with Gasteiger partial charge in [-0.05, 0) is 43.5 Å². The highest BCUT2D eigenvalue weighted by atomic mass is 16.6. The summed E-state index contributed by atoms with van der Waals surface area (Å²) in [6.45, 7) is 6.42. The standard InChI is InChI=1S/C22H28N6O3/c1-2-3-12-30-22-25-19-18(20(26-22)31-21(23)29)13-24-28(19)15-17-8-6-16(7-9-17)14-27-10-4-5-11-27/h6-9,13H,2-5,10-12,14-15H2,1H3,(H2,23,29). The number of unbranched alkanes of at least 4 members (excludes halogenated alkanes) is 1. The van der Waals surface area contributed by atoms with Crippen molar-refractivity contribution in [2.45, 2.75) is 45.7 Å². The number of nitrogens with zero attached hydrogens (tertiary/aromatic N) is 5. The summed E-state index contributed by atoms with van der Waals surface area (Å²) in [5.41, 5.74) is 8.13. The Kier molecular flexibility index (Phi) is 6.61. The summed E-state index contributed by atoms with van der Waals surface area (Å²) in [5.74, 6) is 0.0520. The van der Waals surface area contributed by atoms with Gasteiger partial charge >= 0.3 is 12.1 Å². The third-order valence-electron chi connectivity index (χ3n) is 5.33. The van der Waals surface area contributed by atoms with Gasteiger partial charge in [-0.1, -0.05) is 37.6 Å². The number of fused-ring (bicyclic) bond motifs is 1. The van der Waals surface area contributed by atoms with E-state index in [0.29, 0.717) is 24.2 Å². The summed E-state index contributed by atoms with van der Waals surface area (Å²) in [6.07, 6.45) is 5.07. The molecule has 4 rings (SSSR count). The van der Waals surface area contributed by atoms with Crippen molar-refractivity contribution in [1.29, 1.82) is 0 Å². The minimum absolute atomic E-state index is 0.0520. The second kappa shape index (κ2) is 9.74. The average Bonchev–Trinajstić information content (AvgIpc) is 3.40. The largest absolute Gasteiger partial charge is 0.463 e. The Morgan fingerprint density at radius 1 is 1.10 bits per heavy atom.